The molecule has 0 fully saturated rings. The van der Waals surface area contributed by atoms with Gasteiger partial charge < -0.3 is 0 Å². The van der Waals surface area contributed by atoms with Crippen molar-refractivity contribution in [2.24, 2.45) is 11.1 Å². The number of hydrogen-bond acceptors (Lipinski definition) is 5. The van der Waals surface area contributed by atoms with E-state index >= 15 is 0 Å². The lowest BCUT2D eigenvalue weighted by Crippen LogP contribution is -2.16. The Labute approximate surface area is 144 Å². The first-order valence-electron chi connectivity index (χ1n) is 6.92. The molecule has 0 N–H and O–H groups in total. The van der Waals surface area contributed by atoms with Gasteiger partial charge >= 0.3 is 10.1 Å². The summed E-state index contributed by atoms with van der Waals surface area (Å²) >= 11 is 3.24. The summed E-state index contributed by atoms with van der Waals surface area (Å²) in [4.78, 5) is 11.8. The summed E-state index contributed by atoms with van der Waals surface area (Å²) in [5, 5.41) is 3.76. The summed E-state index contributed by atoms with van der Waals surface area (Å²) in [5.74, 6) is -0.0931. The normalized spacial score (nSPS) is 17.3. The van der Waals surface area contributed by atoms with Crippen LogP contribution in [-0.2, 0) is 19.2 Å². The van der Waals surface area contributed by atoms with Crippen LogP contribution in [0.3, 0.4) is 0 Å². The van der Waals surface area contributed by atoms with Crippen molar-refractivity contribution in [3.05, 3.63) is 52.0 Å². The van der Waals surface area contributed by atoms with Gasteiger partial charge in [0.05, 0.1) is 0 Å². The number of allylic oxidation sites excluding steroid dienone is 4. The van der Waals surface area contributed by atoms with E-state index < -0.39 is 10.1 Å². The molecule has 1 aromatic rings. The monoisotopic (exact) mass is 397 g/mol. The van der Waals surface area contributed by atoms with Crippen LogP contribution in [0, 0.1) is 5.92 Å². The molecule has 0 spiro atoms. The Kier molecular flexibility index (Phi) is 5.21. The molecule has 0 heterocycles. The minimum absolute atomic E-state index is 0.00714. The summed E-state index contributed by atoms with van der Waals surface area (Å²) in [7, 11) is -4.01. The van der Waals surface area contributed by atoms with Crippen LogP contribution in [0.2, 0.25) is 0 Å². The van der Waals surface area contributed by atoms with E-state index in [1.165, 1.54) is 24.3 Å². The molecule has 0 bridgehead atoms. The SMILES string of the molecule is CC1=CC(=NOS(=O)(=O)c2ccc(Br)cc2)C(C(C)C)=CC1=O. The molecule has 0 atom stereocenters. The van der Waals surface area contributed by atoms with Crippen molar-refractivity contribution < 1.29 is 17.5 Å². The highest BCUT2D eigenvalue weighted by Crippen LogP contribution is 2.22. The second kappa shape index (κ2) is 6.80. The Morgan fingerprint density at radius 2 is 1.74 bits per heavy atom. The van der Waals surface area contributed by atoms with Crippen LogP contribution in [0.15, 0.2) is 62.1 Å². The number of benzene rings is 1. The summed E-state index contributed by atoms with van der Waals surface area (Å²) in [6.07, 6.45) is 3.00. The van der Waals surface area contributed by atoms with E-state index in [0.29, 0.717) is 16.9 Å². The molecule has 23 heavy (non-hydrogen) atoms. The highest BCUT2D eigenvalue weighted by atomic mass is 79.9. The van der Waals surface area contributed by atoms with Crippen LogP contribution in [0.5, 0.6) is 0 Å². The van der Waals surface area contributed by atoms with E-state index in [-0.39, 0.29) is 16.6 Å². The molecule has 0 aliphatic heterocycles. The van der Waals surface area contributed by atoms with Gasteiger partial charge in [-0.05, 0) is 60.4 Å². The van der Waals surface area contributed by atoms with Crippen molar-refractivity contribution in [2.75, 3.05) is 0 Å². The second-order valence-electron chi connectivity index (χ2n) is 5.41. The van der Waals surface area contributed by atoms with Crippen molar-refractivity contribution in [1.82, 2.24) is 0 Å². The quantitative estimate of drug-likeness (QED) is 0.574. The maximum absolute atomic E-state index is 12.2. The molecule has 1 aliphatic rings. The lowest BCUT2D eigenvalue weighted by atomic mass is 9.90. The van der Waals surface area contributed by atoms with E-state index in [2.05, 4.69) is 21.1 Å². The van der Waals surface area contributed by atoms with Crippen LogP contribution < -0.4 is 0 Å². The summed E-state index contributed by atoms with van der Waals surface area (Å²) in [5.41, 5.74) is 1.47. The largest absolute Gasteiger partial charge is 0.358 e. The number of ketones is 1. The second-order valence-corrected chi connectivity index (χ2v) is 7.85. The topological polar surface area (TPSA) is 72.8 Å². The smallest absolute Gasteiger partial charge is 0.290 e. The van der Waals surface area contributed by atoms with Gasteiger partial charge in [-0.15, -0.1) is 0 Å². The molecule has 1 aliphatic carbocycles. The molecule has 7 heteroatoms. The molecule has 0 aromatic heterocycles. The standard InChI is InChI=1S/C16H16BrNO4S/c1-10(2)14-9-16(19)11(3)8-15(14)18-22-23(20,21)13-6-4-12(17)5-7-13/h4-10H,1-3H3. The van der Waals surface area contributed by atoms with Gasteiger partial charge in [-0.3, -0.25) is 9.08 Å². The minimum Gasteiger partial charge on any atom is -0.290 e. The molecule has 0 amide bonds. The fourth-order valence-corrected chi connectivity index (χ4v) is 2.96. The molecular weight excluding hydrogens is 382 g/mol. The number of rotatable bonds is 4. The van der Waals surface area contributed by atoms with Crippen LogP contribution in [-0.4, -0.2) is 19.9 Å². The number of carbonyl (C=O) groups excluding carboxylic acids is 1. The van der Waals surface area contributed by atoms with E-state index in [4.69, 9.17) is 4.28 Å². The summed E-state index contributed by atoms with van der Waals surface area (Å²) in [6.45, 7) is 5.44. The molecule has 0 saturated heterocycles. The van der Waals surface area contributed by atoms with Crippen molar-refractivity contribution in [3.63, 3.8) is 0 Å². The zero-order valence-electron chi connectivity index (χ0n) is 12.9. The number of nitrogens with zero attached hydrogens (tertiary/aromatic N) is 1. The first kappa shape index (κ1) is 17.6. The Morgan fingerprint density at radius 3 is 2.30 bits per heavy atom. The van der Waals surface area contributed by atoms with Gasteiger partial charge in [0.15, 0.2) is 5.78 Å². The summed E-state index contributed by atoms with van der Waals surface area (Å²) in [6, 6.07) is 6.05. The third kappa shape index (κ3) is 4.17. The van der Waals surface area contributed by atoms with Crippen molar-refractivity contribution in [1.29, 1.82) is 0 Å². The van der Waals surface area contributed by atoms with Gasteiger partial charge in [0.1, 0.15) is 10.6 Å². The number of oxime groups is 1. The highest BCUT2D eigenvalue weighted by Gasteiger charge is 2.21. The lowest BCUT2D eigenvalue weighted by molar-refractivity contribution is -0.111. The van der Waals surface area contributed by atoms with E-state index in [0.717, 1.165) is 4.47 Å². The molecule has 122 valence electrons. The van der Waals surface area contributed by atoms with Crippen LogP contribution in [0.4, 0.5) is 0 Å². The fourth-order valence-electron chi connectivity index (χ4n) is 1.96. The molecule has 0 saturated carbocycles. The Bertz CT molecular complexity index is 818. The first-order valence-corrected chi connectivity index (χ1v) is 9.12. The third-order valence-electron chi connectivity index (χ3n) is 3.28. The predicted octanol–water partition coefficient (Wildman–Crippen LogP) is 3.62. The Hall–Kier alpha value is -1.73. The van der Waals surface area contributed by atoms with Crippen molar-refractivity contribution in [3.8, 4) is 0 Å². The minimum atomic E-state index is -4.01. The van der Waals surface area contributed by atoms with Gasteiger partial charge in [-0.2, -0.15) is 8.42 Å². The van der Waals surface area contributed by atoms with E-state index in [1.54, 1.807) is 19.1 Å². The summed E-state index contributed by atoms with van der Waals surface area (Å²) < 4.78 is 29.9. The molecule has 2 rings (SSSR count). The number of carbonyl (C=O) groups is 1. The highest BCUT2D eigenvalue weighted by molar-refractivity contribution is 9.10. The molecule has 0 radical (unpaired) electrons. The fraction of sp³-hybridized carbons (Fsp3) is 0.250. The first-order chi connectivity index (χ1) is 10.7. The van der Waals surface area contributed by atoms with Crippen LogP contribution in [0.25, 0.3) is 0 Å². The van der Waals surface area contributed by atoms with Crippen LogP contribution in [0.1, 0.15) is 20.8 Å². The van der Waals surface area contributed by atoms with Gasteiger partial charge in [0, 0.05) is 4.47 Å². The number of halogens is 1. The average Bonchev–Trinajstić information content (AvgIpc) is 2.48. The van der Waals surface area contributed by atoms with Gasteiger partial charge in [0.2, 0.25) is 0 Å². The predicted molar refractivity (Wildman–Crippen MR) is 91.5 cm³/mol. The molecular formula is C16H16BrNO4S. The van der Waals surface area contributed by atoms with Gasteiger partial charge in [0.25, 0.3) is 0 Å². The third-order valence-corrected chi connectivity index (χ3v) is 4.93. The van der Waals surface area contributed by atoms with Crippen molar-refractivity contribution in [2.45, 2.75) is 25.7 Å². The molecule has 1 aromatic carbocycles. The molecule has 5 nitrogen and oxygen atoms in total. The van der Waals surface area contributed by atoms with Crippen LogP contribution >= 0.6 is 15.9 Å². The Balaban J connectivity index is 2.32. The average molecular weight is 398 g/mol. The number of hydrogen-bond donors (Lipinski definition) is 0. The lowest BCUT2D eigenvalue weighted by Gasteiger charge is -2.15. The Morgan fingerprint density at radius 1 is 1.13 bits per heavy atom. The maximum atomic E-state index is 12.2. The zero-order valence-corrected chi connectivity index (χ0v) is 15.3. The molecule has 0 unspecified atom stereocenters. The zero-order chi connectivity index (χ0) is 17.2. The van der Waals surface area contributed by atoms with E-state index in [1.807, 2.05) is 13.8 Å². The maximum Gasteiger partial charge on any atom is 0.358 e. The van der Waals surface area contributed by atoms with Gasteiger partial charge in [-0.25, -0.2) is 0 Å². The van der Waals surface area contributed by atoms with Gasteiger partial charge in [-0.1, -0.05) is 34.9 Å². The van der Waals surface area contributed by atoms with E-state index in [9.17, 15) is 13.2 Å². The van der Waals surface area contributed by atoms with Crippen molar-refractivity contribution >= 4 is 37.5 Å².